The molecular weight excluding hydrogens is 290 g/mol. The largest absolute Gasteiger partial charge is 0.379 e. The molecule has 0 N–H and O–H groups in total. The molecule has 2 aromatic rings. The van der Waals surface area contributed by atoms with E-state index in [0.717, 1.165) is 37.7 Å². The maximum Gasteiger partial charge on any atom is 0.105 e. The van der Waals surface area contributed by atoms with Gasteiger partial charge < -0.3 is 4.74 Å². The highest BCUT2D eigenvalue weighted by Crippen LogP contribution is 2.32. The van der Waals surface area contributed by atoms with E-state index in [0.29, 0.717) is 6.61 Å². The zero-order chi connectivity index (χ0) is 15.6. The van der Waals surface area contributed by atoms with Gasteiger partial charge in [-0.25, -0.2) is 0 Å². The molecule has 1 aliphatic carbocycles. The number of aromatic nitrogens is 4. The number of aryl methyl sites for hydroxylation is 1. The lowest BCUT2D eigenvalue weighted by Crippen LogP contribution is -2.38. The SMILES string of the molecule is Cn1nnc2c1CCN(Cc1cccnc1)[C@H]2COCC1CC1. The van der Waals surface area contributed by atoms with Crippen molar-refractivity contribution in [2.45, 2.75) is 31.8 Å². The van der Waals surface area contributed by atoms with Gasteiger partial charge in [0.1, 0.15) is 5.69 Å². The third kappa shape index (κ3) is 3.28. The van der Waals surface area contributed by atoms with Crippen molar-refractivity contribution in [1.29, 1.82) is 0 Å². The van der Waals surface area contributed by atoms with Gasteiger partial charge in [-0.2, -0.15) is 0 Å². The van der Waals surface area contributed by atoms with Crippen molar-refractivity contribution in [3.63, 3.8) is 0 Å². The lowest BCUT2D eigenvalue weighted by molar-refractivity contribution is 0.0425. The lowest BCUT2D eigenvalue weighted by Gasteiger charge is -2.34. The van der Waals surface area contributed by atoms with E-state index < -0.39 is 0 Å². The molecule has 0 radical (unpaired) electrons. The van der Waals surface area contributed by atoms with Gasteiger partial charge in [-0.05, 0) is 30.4 Å². The van der Waals surface area contributed by atoms with Gasteiger partial charge in [0.05, 0.1) is 18.3 Å². The van der Waals surface area contributed by atoms with Crippen molar-refractivity contribution in [2.24, 2.45) is 13.0 Å². The predicted molar refractivity (Wildman–Crippen MR) is 85.6 cm³/mol. The van der Waals surface area contributed by atoms with E-state index in [-0.39, 0.29) is 6.04 Å². The average Bonchev–Trinajstić information content (AvgIpc) is 3.32. The maximum atomic E-state index is 6.00. The van der Waals surface area contributed by atoms with Crippen LogP contribution in [0.25, 0.3) is 0 Å². The second kappa shape index (κ2) is 6.37. The molecule has 1 saturated carbocycles. The van der Waals surface area contributed by atoms with Crippen molar-refractivity contribution in [3.05, 3.63) is 41.5 Å². The van der Waals surface area contributed by atoms with Gasteiger partial charge in [0.2, 0.25) is 0 Å². The summed E-state index contributed by atoms with van der Waals surface area (Å²) in [5.74, 6) is 0.784. The molecule has 0 bridgehead atoms. The number of rotatable bonds is 6. The quantitative estimate of drug-likeness (QED) is 0.813. The number of ether oxygens (including phenoxy) is 1. The van der Waals surface area contributed by atoms with Crippen LogP contribution in [0.15, 0.2) is 24.5 Å². The fourth-order valence-corrected chi connectivity index (χ4v) is 3.25. The fraction of sp³-hybridized carbons (Fsp3) is 0.588. The summed E-state index contributed by atoms with van der Waals surface area (Å²) >= 11 is 0. The molecule has 6 heteroatoms. The van der Waals surface area contributed by atoms with Crippen LogP contribution in [0.4, 0.5) is 0 Å². The van der Waals surface area contributed by atoms with Crippen LogP contribution in [-0.4, -0.2) is 44.6 Å². The smallest absolute Gasteiger partial charge is 0.105 e. The number of hydrogen-bond donors (Lipinski definition) is 0. The molecule has 1 aliphatic heterocycles. The zero-order valence-electron chi connectivity index (χ0n) is 13.6. The number of nitrogens with zero attached hydrogens (tertiary/aromatic N) is 5. The van der Waals surface area contributed by atoms with Crippen molar-refractivity contribution < 1.29 is 4.74 Å². The Morgan fingerprint density at radius 3 is 3.00 bits per heavy atom. The van der Waals surface area contributed by atoms with Crippen molar-refractivity contribution in [1.82, 2.24) is 24.9 Å². The highest BCUT2D eigenvalue weighted by molar-refractivity contribution is 5.20. The molecular formula is C17H23N5O. The van der Waals surface area contributed by atoms with Crippen LogP contribution in [0.1, 0.15) is 35.8 Å². The predicted octanol–water partition coefficient (Wildman–Crippen LogP) is 1.74. The summed E-state index contributed by atoms with van der Waals surface area (Å²) in [7, 11) is 1.98. The normalized spacial score (nSPS) is 21.3. The Kier molecular flexibility index (Phi) is 4.10. The number of hydrogen-bond acceptors (Lipinski definition) is 5. The van der Waals surface area contributed by atoms with Crippen LogP contribution in [0.5, 0.6) is 0 Å². The van der Waals surface area contributed by atoms with E-state index in [2.05, 4.69) is 26.3 Å². The first kappa shape index (κ1) is 14.8. The molecule has 6 nitrogen and oxygen atoms in total. The van der Waals surface area contributed by atoms with E-state index in [1.807, 2.05) is 30.2 Å². The van der Waals surface area contributed by atoms with Gasteiger partial charge in [-0.15, -0.1) is 5.10 Å². The van der Waals surface area contributed by atoms with Gasteiger partial charge in [-0.3, -0.25) is 14.6 Å². The van der Waals surface area contributed by atoms with E-state index in [1.54, 1.807) is 0 Å². The molecule has 23 heavy (non-hydrogen) atoms. The molecule has 1 atom stereocenters. The topological polar surface area (TPSA) is 56.1 Å². The van der Waals surface area contributed by atoms with Crippen LogP contribution >= 0.6 is 0 Å². The summed E-state index contributed by atoms with van der Waals surface area (Å²) in [5.41, 5.74) is 3.55. The maximum absolute atomic E-state index is 6.00. The van der Waals surface area contributed by atoms with Crippen LogP contribution in [0.2, 0.25) is 0 Å². The van der Waals surface area contributed by atoms with Crippen LogP contribution < -0.4 is 0 Å². The molecule has 2 aliphatic rings. The molecule has 0 spiro atoms. The summed E-state index contributed by atoms with van der Waals surface area (Å²) in [5, 5.41) is 8.64. The first-order valence-corrected chi connectivity index (χ1v) is 8.40. The molecule has 122 valence electrons. The number of fused-ring (bicyclic) bond motifs is 1. The third-order valence-electron chi connectivity index (χ3n) is 4.80. The number of pyridine rings is 1. The molecule has 0 amide bonds. The highest BCUT2D eigenvalue weighted by atomic mass is 16.5. The first-order chi connectivity index (χ1) is 11.3. The monoisotopic (exact) mass is 313 g/mol. The summed E-state index contributed by atoms with van der Waals surface area (Å²) in [6.07, 6.45) is 7.38. The molecule has 0 unspecified atom stereocenters. The van der Waals surface area contributed by atoms with E-state index in [4.69, 9.17) is 4.74 Å². The Balaban J connectivity index is 1.51. The van der Waals surface area contributed by atoms with E-state index >= 15 is 0 Å². The first-order valence-electron chi connectivity index (χ1n) is 8.40. The minimum Gasteiger partial charge on any atom is -0.379 e. The zero-order valence-corrected chi connectivity index (χ0v) is 13.6. The molecule has 1 fully saturated rings. The van der Waals surface area contributed by atoms with Crippen LogP contribution in [-0.2, 0) is 24.8 Å². The van der Waals surface area contributed by atoms with Gasteiger partial charge in [-0.1, -0.05) is 11.3 Å². The van der Waals surface area contributed by atoms with Gasteiger partial charge in [0.25, 0.3) is 0 Å². The Hall–Kier alpha value is -1.79. The Labute approximate surface area is 136 Å². The minimum atomic E-state index is 0.186. The Morgan fingerprint density at radius 1 is 1.30 bits per heavy atom. The fourth-order valence-electron chi connectivity index (χ4n) is 3.25. The standard InChI is InChI=1S/C17H23N5O/c1-21-15-6-8-22(10-14-3-2-7-18-9-14)16(17(15)19-20-21)12-23-11-13-4-5-13/h2-3,7,9,13,16H,4-6,8,10-12H2,1H3/t16-/m0/s1. The lowest BCUT2D eigenvalue weighted by atomic mass is 10.0. The third-order valence-corrected chi connectivity index (χ3v) is 4.80. The van der Waals surface area contributed by atoms with Crippen molar-refractivity contribution in [3.8, 4) is 0 Å². The molecule has 2 aromatic heterocycles. The second-order valence-corrected chi connectivity index (χ2v) is 6.62. The summed E-state index contributed by atoms with van der Waals surface area (Å²) < 4.78 is 7.90. The Bertz CT molecular complexity index is 652. The molecule has 0 aromatic carbocycles. The van der Waals surface area contributed by atoms with Crippen LogP contribution in [0.3, 0.4) is 0 Å². The van der Waals surface area contributed by atoms with E-state index in [9.17, 15) is 0 Å². The van der Waals surface area contributed by atoms with Gasteiger partial charge in [0, 0.05) is 45.6 Å². The summed E-state index contributed by atoms with van der Waals surface area (Å²) in [6.45, 7) is 3.46. The minimum absolute atomic E-state index is 0.186. The highest BCUT2D eigenvalue weighted by Gasteiger charge is 2.32. The molecule has 3 heterocycles. The summed E-state index contributed by atoms with van der Waals surface area (Å²) in [6, 6.07) is 4.30. The summed E-state index contributed by atoms with van der Waals surface area (Å²) in [4.78, 5) is 6.67. The molecule has 0 saturated heterocycles. The second-order valence-electron chi connectivity index (χ2n) is 6.62. The van der Waals surface area contributed by atoms with Gasteiger partial charge in [0.15, 0.2) is 0 Å². The van der Waals surface area contributed by atoms with Crippen molar-refractivity contribution >= 4 is 0 Å². The molecule has 4 rings (SSSR count). The Morgan fingerprint density at radius 2 is 2.22 bits per heavy atom. The van der Waals surface area contributed by atoms with Gasteiger partial charge >= 0.3 is 0 Å². The van der Waals surface area contributed by atoms with Crippen molar-refractivity contribution in [2.75, 3.05) is 19.8 Å². The average molecular weight is 313 g/mol. The van der Waals surface area contributed by atoms with E-state index in [1.165, 1.54) is 24.1 Å². The van der Waals surface area contributed by atoms with Crippen LogP contribution in [0, 0.1) is 5.92 Å².